The summed E-state index contributed by atoms with van der Waals surface area (Å²) < 4.78 is 31.5. The van der Waals surface area contributed by atoms with Gasteiger partial charge in [-0.1, -0.05) is 85.0 Å². The van der Waals surface area contributed by atoms with Gasteiger partial charge in [-0.2, -0.15) is 0 Å². The summed E-state index contributed by atoms with van der Waals surface area (Å²) in [7, 11) is 5.92. The van der Waals surface area contributed by atoms with Crippen molar-refractivity contribution in [1.82, 2.24) is 21.3 Å². The average molecular weight is 669 g/mol. The van der Waals surface area contributed by atoms with E-state index in [0.717, 1.165) is 11.1 Å². The SMILES string of the molecule is COC(C/C=C/[C@@H](NC(=O)OCc1ccccc1)[C@@H]1NC(=O)[C@H]([C@@H](/C=C/CC(OC)OC)NC(=O)OCc2ccccc2)NC1=O)OC. The standard InChI is InChI=1S/C34H44N4O10/c1-43-27(44-2)19-11-17-25(35-33(41)47-21-23-13-7-5-8-14-23)29-31(39)38-30(32(40)37-29)26(18-12-20-28(45-3)46-4)36-34(42)48-22-24-15-9-6-10-16-24/h5-18,25-30H,19-22H2,1-4H3,(H,35,41)(H,36,42)(H,37,40)(H,38,39)/b17-11+,18-12+/t25-,26-,29+,30+/m1/s1. The third kappa shape index (κ3) is 12.4. The highest BCUT2D eigenvalue weighted by Crippen LogP contribution is 2.12. The lowest BCUT2D eigenvalue weighted by Gasteiger charge is -2.35. The minimum absolute atomic E-state index is 0.00309. The van der Waals surface area contributed by atoms with E-state index in [0.29, 0.717) is 12.8 Å². The summed E-state index contributed by atoms with van der Waals surface area (Å²) in [6.07, 6.45) is 4.25. The van der Waals surface area contributed by atoms with Gasteiger partial charge in [0.2, 0.25) is 11.8 Å². The summed E-state index contributed by atoms with van der Waals surface area (Å²) in [6.45, 7) is -0.00618. The first kappa shape index (κ1) is 37.7. The molecule has 4 N–H and O–H groups in total. The predicted octanol–water partition coefficient (Wildman–Crippen LogP) is 2.69. The van der Waals surface area contributed by atoms with E-state index in [1.165, 1.54) is 28.4 Å². The lowest BCUT2D eigenvalue weighted by molar-refractivity contribution is -0.137. The second-order valence-corrected chi connectivity index (χ2v) is 10.6. The zero-order valence-electron chi connectivity index (χ0n) is 27.5. The molecule has 14 heteroatoms. The van der Waals surface area contributed by atoms with Crippen molar-refractivity contribution >= 4 is 24.0 Å². The molecule has 48 heavy (non-hydrogen) atoms. The van der Waals surface area contributed by atoms with Crippen molar-refractivity contribution in [3.05, 3.63) is 96.1 Å². The molecule has 1 heterocycles. The van der Waals surface area contributed by atoms with Crippen LogP contribution in [0.5, 0.6) is 0 Å². The van der Waals surface area contributed by atoms with Gasteiger partial charge in [0.15, 0.2) is 12.6 Å². The molecule has 0 unspecified atom stereocenters. The minimum Gasteiger partial charge on any atom is -0.445 e. The van der Waals surface area contributed by atoms with Crippen LogP contribution in [0.15, 0.2) is 85.0 Å². The van der Waals surface area contributed by atoms with E-state index in [9.17, 15) is 19.2 Å². The molecule has 0 aliphatic carbocycles. The van der Waals surface area contributed by atoms with Crippen LogP contribution in [0.2, 0.25) is 0 Å². The topological polar surface area (TPSA) is 172 Å². The Hall–Kier alpha value is -4.76. The highest BCUT2D eigenvalue weighted by molar-refractivity contribution is 5.98. The van der Waals surface area contributed by atoms with Crippen LogP contribution in [0.4, 0.5) is 9.59 Å². The van der Waals surface area contributed by atoms with Crippen molar-refractivity contribution in [2.24, 2.45) is 0 Å². The Labute approximate surface area is 280 Å². The van der Waals surface area contributed by atoms with Crippen LogP contribution in [-0.4, -0.2) is 89.2 Å². The normalized spacial score (nSPS) is 17.6. The summed E-state index contributed by atoms with van der Waals surface area (Å²) in [5.74, 6) is -1.23. The van der Waals surface area contributed by atoms with E-state index in [1.807, 2.05) is 36.4 Å². The Bertz CT molecular complexity index is 1250. The molecule has 0 radical (unpaired) electrons. The van der Waals surface area contributed by atoms with Gasteiger partial charge in [-0.3, -0.25) is 9.59 Å². The fraction of sp³-hybridized carbons (Fsp3) is 0.412. The second kappa shape index (κ2) is 20.5. The lowest BCUT2D eigenvalue weighted by atomic mass is 9.98. The number of amides is 4. The van der Waals surface area contributed by atoms with E-state index >= 15 is 0 Å². The Kier molecular flexibility index (Phi) is 16.1. The van der Waals surface area contributed by atoms with Crippen molar-refractivity contribution in [2.45, 2.75) is 62.8 Å². The Morgan fingerprint density at radius 1 is 0.646 bits per heavy atom. The smallest absolute Gasteiger partial charge is 0.408 e. The van der Waals surface area contributed by atoms with E-state index in [1.54, 1.807) is 48.6 Å². The highest BCUT2D eigenvalue weighted by Gasteiger charge is 2.41. The number of piperazine rings is 1. The van der Waals surface area contributed by atoms with Crippen LogP contribution in [-0.2, 0) is 51.2 Å². The van der Waals surface area contributed by atoms with Crippen molar-refractivity contribution in [3.63, 3.8) is 0 Å². The Morgan fingerprint density at radius 2 is 1.00 bits per heavy atom. The number of methoxy groups -OCH3 is 4. The molecule has 1 fully saturated rings. The van der Waals surface area contributed by atoms with Crippen molar-refractivity contribution in [1.29, 1.82) is 0 Å². The molecule has 0 aromatic heterocycles. The summed E-state index contributed by atoms with van der Waals surface area (Å²) in [5.41, 5.74) is 1.54. The second-order valence-electron chi connectivity index (χ2n) is 10.6. The van der Waals surface area contributed by atoms with E-state index in [-0.39, 0.29) is 13.2 Å². The van der Waals surface area contributed by atoms with Crippen molar-refractivity contribution in [3.8, 4) is 0 Å². The molecule has 1 aliphatic rings. The third-order valence-electron chi connectivity index (χ3n) is 7.27. The predicted molar refractivity (Wildman–Crippen MR) is 174 cm³/mol. The summed E-state index contributed by atoms with van der Waals surface area (Å²) in [5, 5.41) is 10.7. The number of carbonyl (C=O) groups excluding carboxylic acids is 4. The summed E-state index contributed by atoms with van der Waals surface area (Å²) in [4.78, 5) is 52.6. The number of carbonyl (C=O) groups is 4. The maximum absolute atomic E-state index is 13.5. The fourth-order valence-electron chi connectivity index (χ4n) is 4.66. The zero-order chi connectivity index (χ0) is 34.7. The van der Waals surface area contributed by atoms with Gasteiger partial charge in [-0.05, 0) is 11.1 Å². The lowest BCUT2D eigenvalue weighted by Crippen LogP contribution is -2.70. The van der Waals surface area contributed by atoms with Gasteiger partial charge in [0.05, 0.1) is 12.1 Å². The van der Waals surface area contributed by atoms with Crippen molar-refractivity contribution < 1.29 is 47.6 Å². The van der Waals surface area contributed by atoms with Gasteiger partial charge in [0, 0.05) is 41.3 Å². The molecular formula is C34H44N4O10. The van der Waals surface area contributed by atoms with Crippen LogP contribution in [0, 0.1) is 0 Å². The number of nitrogens with one attached hydrogen (secondary N) is 4. The Morgan fingerprint density at radius 3 is 1.33 bits per heavy atom. The largest absolute Gasteiger partial charge is 0.445 e. The number of benzene rings is 2. The molecule has 260 valence electrons. The number of hydrogen-bond acceptors (Lipinski definition) is 10. The molecule has 2 aromatic rings. The molecule has 0 saturated carbocycles. The van der Waals surface area contributed by atoms with E-state index < -0.39 is 60.7 Å². The summed E-state index contributed by atoms with van der Waals surface area (Å²) in [6, 6.07) is 13.7. The quantitative estimate of drug-likeness (QED) is 0.137. The van der Waals surface area contributed by atoms with Gasteiger partial charge >= 0.3 is 12.2 Å². The number of hydrogen-bond donors (Lipinski definition) is 4. The molecule has 0 spiro atoms. The first-order valence-corrected chi connectivity index (χ1v) is 15.3. The van der Waals surface area contributed by atoms with Crippen LogP contribution < -0.4 is 21.3 Å². The monoisotopic (exact) mass is 668 g/mol. The molecule has 1 saturated heterocycles. The van der Waals surface area contributed by atoms with Gasteiger partial charge in [0.1, 0.15) is 25.3 Å². The fourth-order valence-corrected chi connectivity index (χ4v) is 4.66. The van der Waals surface area contributed by atoms with E-state index in [2.05, 4.69) is 21.3 Å². The van der Waals surface area contributed by atoms with Gasteiger partial charge in [-0.25, -0.2) is 9.59 Å². The van der Waals surface area contributed by atoms with Gasteiger partial charge < -0.3 is 49.7 Å². The molecule has 1 aliphatic heterocycles. The van der Waals surface area contributed by atoms with E-state index in [4.69, 9.17) is 28.4 Å². The molecule has 3 rings (SSSR count). The molecule has 2 aromatic carbocycles. The number of ether oxygens (including phenoxy) is 6. The Balaban J connectivity index is 1.75. The van der Waals surface area contributed by atoms with Gasteiger partial charge in [-0.15, -0.1) is 0 Å². The maximum Gasteiger partial charge on any atom is 0.408 e. The molecular weight excluding hydrogens is 624 g/mol. The maximum atomic E-state index is 13.5. The molecule has 4 atom stereocenters. The highest BCUT2D eigenvalue weighted by atomic mass is 16.7. The third-order valence-corrected chi connectivity index (χ3v) is 7.27. The molecule has 14 nitrogen and oxygen atoms in total. The van der Waals surface area contributed by atoms with Crippen LogP contribution >= 0.6 is 0 Å². The zero-order valence-corrected chi connectivity index (χ0v) is 27.5. The average Bonchev–Trinajstić information content (AvgIpc) is 3.11. The first-order valence-electron chi connectivity index (χ1n) is 15.3. The number of alkyl carbamates (subject to hydrolysis) is 2. The van der Waals surface area contributed by atoms with Crippen LogP contribution in [0.25, 0.3) is 0 Å². The van der Waals surface area contributed by atoms with Crippen LogP contribution in [0.3, 0.4) is 0 Å². The van der Waals surface area contributed by atoms with Crippen molar-refractivity contribution in [2.75, 3.05) is 28.4 Å². The molecule has 4 amide bonds. The van der Waals surface area contributed by atoms with Crippen LogP contribution in [0.1, 0.15) is 24.0 Å². The molecule has 0 bridgehead atoms. The number of rotatable bonds is 18. The van der Waals surface area contributed by atoms with Gasteiger partial charge in [0.25, 0.3) is 0 Å². The first-order chi connectivity index (χ1) is 23.3. The minimum atomic E-state index is -1.22. The summed E-state index contributed by atoms with van der Waals surface area (Å²) >= 11 is 0.